The number of aromatic nitrogens is 1. The third kappa shape index (κ3) is 2.22. The summed E-state index contributed by atoms with van der Waals surface area (Å²) in [5, 5.41) is 11.2. The Morgan fingerprint density at radius 1 is 1.26 bits per heavy atom. The van der Waals surface area contributed by atoms with Gasteiger partial charge in [-0.1, -0.05) is 6.07 Å². The van der Waals surface area contributed by atoms with Crippen molar-refractivity contribution in [3.05, 3.63) is 36.7 Å². The van der Waals surface area contributed by atoms with E-state index in [1.54, 1.807) is 36.7 Å². The second kappa shape index (κ2) is 4.56. The van der Waals surface area contributed by atoms with Gasteiger partial charge in [0.05, 0.1) is 11.0 Å². The smallest absolute Gasteiger partial charge is 0.243 e. The number of fused-ring (bicyclic) bond motifs is 1. The number of benzene rings is 1. The Morgan fingerprint density at radius 2 is 2.11 bits per heavy atom. The molecule has 0 amide bonds. The van der Waals surface area contributed by atoms with Crippen molar-refractivity contribution in [1.29, 1.82) is 0 Å². The minimum atomic E-state index is -3.51. The summed E-state index contributed by atoms with van der Waals surface area (Å²) in [4.78, 5) is 4.26. The van der Waals surface area contributed by atoms with Crippen LogP contribution in [0.15, 0.2) is 41.6 Å². The zero-order valence-corrected chi connectivity index (χ0v) is 11.0. The predicted molar refractivity (Wildman–Crippen MR) is 71.1 cm³/mol. The summed E-state index contributed by atoms with van der Waals surface area (Å²) >= 11 is 0. The van der Waals surface area contributed by atoms with Gasteiger partial charge in [-0.25, -0.2) is 8.42 Å². The van der Waals surface area contributed by atoms with Crippen LogP contribution in [0.2, 0.25) is 0 Å². The molecule has 1 atom stereocenters. The lowest BCUT2D eigenvalue weighted by Gasteiger charge is -2.16. The topological polar surface area (TPSA) is 70.5 Å². The van der Waals surface area contributed by atoms with E-state index in [0.29, 0.717) is 13.0 Å². The number of β-amino-alcohol motifs (C(OH)–C–C–N with tert-alkyl or cyclic N) is 1. The Bertz CT molecular complexity index is 715. The van der Waals surface area contributed by atoms with Gasteiger partial charge in [0, 0.05) is 30.9 Å². The average molecular weight is 278 g/mol. The van der Waals surface area contributed by atoms with E-state index in [9.17, 15) is 13.5 Å². The number of sulfonamides is 1. The minimum Gasteiger partial charge on any atom is -0.392 e. The van der Waals surface area contributed by atoms with Gasteiger partial charge in [0.1, 0.15) is 0 Å². The first-order valence-electron chi connectivity index (χ1n) is 6.09. The molecule has 0 unspecified atom stereocenters. The molecule has 0 aliphatic carbocycles. The van der Waals surface area contributed by atoms with Crippen LogP contribution in [0.4, 0.5) is 0 Å². The molecule has 1 fully saturated rings. The van der Waals surface area contributed by atoms with Crippen LogP contribution in [-0.4, -0.2) is 42.0 Å². The van der Waals surface area contributed by atoms with E-state index in [0.717, 1.165) is 10.8 Å². The highest BCUT2D eigenvalue weighted by Gasteiger charge is 2.31. The molecule has 0 radical (unpaired) electrons. The molecular weight excluding hydrogens is 264 g/mol. The van der Waals surface area contributed by atoms with Crippen LogP contribution in [0.5, 0.6) is 0 Å². The molecule has 1 aliphatic rings. The molecule has 19 heavy (non-hydrogen) atoms. The van der Waals surface area contributed by atoms with Crippen molar-refractivity contribution in [2.75, 3.05) is 13.1 Å². The van der Waals surface area contributed by atoms with Gasteiger partial charge in [-0.05, 0) is 30.0 Å². The van der Waals surface area contributed by atoms with Crippen molar-refractivity contribution in [2.24, 2.45) is 0 Å². The number of hydrogen-bond donors (Lipinski definition) is 1. The molecular formula is C13H14N2O3S. The lowest BCUT2D eigenvalue weighted by molar-refractivity contribution is 0.189. The number of rotatable bonds is 2. The van der Waals surface area contributed by atoms with Crippen LogP contribution in [-0.2, 0) is 10.0 Å². The molecule has 2 heterocycles. The molecule has 5 nitrogen and oxygen atoms in total. The minimum absolute atomic E-state index is 0.177. The first kappa shape index (κ1) is 12.5. The van der Waals surface area contributed by atoms with E-state index in [4.69, 9.17) is 0 Å². The van der Waals surface area contributed by atoms with Crippen LogP contribution in [0.25, 0.3) is 10.8 Å². The second-order valence-corrected chi connectivity index (χ2v) is 6.63. The maximum atomic E-state index is 12.4. The third-order valence-corrected chi connectivity index (χ3v) is 5.24. The number of nitrogens with zero attached hydrogens (tertiary/aromatic N) is 2. The Labute approximate surface area is 111 Å². The molecule has 1 saturated heterocycles. The highest BCUT2D eigenvalue weighted by atomic mass is 32.2. The molecule has 3 rings (SSSR count). The molecule has 2 aromatic rings. The summed E-state index contributed by atoms with van der Waals surface area (Å²) in [6.07, 6.45) is 3.28. The summed E-state index contributed by atoms with van der Waals surface area (Å²) in [5.41, 5.74) is 0. The summed E-state index contributed by atoms with van der Waals surface area (Å²) in [6, 6.07) is 6.77. The SMILES string of the molecule is O=S(=O)(c1ccc2cnccc2c1)N1CC[C@H](O)C1. The van der Waals surface area contributed by atoms with E-state index in [2.05, 4.69) is 4.98 Å². The van der Waals surface area contributed by atoms with E-state index in [-0.39, 0.29) is 11.4 Å². The van der Waals surface area contributed by atoms with Gasteiger partial charge in [0.15, 0.2) is 0 Å². The Kier molecular flexibility index (Phi) is 3.00. The van der Waals surface area contributed by atoms with Gasteiger partial charge in [-0.15, -0.1) is 0 Å². The third-order valence-electron chi connectivity index (χ3n) is 3.38. The first-order valence-corrected chi connectivity index (χ1v) is 7.53. The van der Waals surface area contributed by atoms with Gasteiger partial charge in [-0.3, -0.25) is 4.98 Å². The molecule has 100 valence electrons. The van der Waals surface area contributed by atoms with Gasteiger partial charge in [0.25, 0.3) is 0 Å². The molecule has 1 aliphatic heterocycles. The highest BCUT2D eigenvalue weighted by molar-refractivity contribution is 7.89. The van der Waals surface area contributed by atoms with Gasteiger partial charge in [0.2, 0.25) is 10.0 Å². The zero-order valence-electron chi connectivity index (χ0n) is 10.2. The van der Waals surface area contributed by atoms with Crippen molar-refractivity contribution >= 4 is 20.8 Å². The molecule has 0 saturated carbocycles. The van der Waals surface area contributed by atoms with Crippen molar-refractivity contribution in [3.63, 3.8) is 0 Å². The molecule has 1 aromatic heterocycles. The summed E-state index contributed by atoms with van der Waals surface area (Å²) < 4.78 is 26.2. The molecule has 0 bridgehead atoms. The standard InChI is InChI=1S/C13H14N2O3S/c16-12-4-6-15(9-12)19(17,18)13-2-1-11-8-14-5-3-10(11)7-13/h1-3,5,7-8,12,16H,4,6,9H2/t12-/m0/s1. The van der Waals surface area contributed by atoms with Crippen LogP contribution >= 0.6 is 0 Å². The zero-order chi connectivity index (χ0) is 13.5. The summed E-state index contributed by atoms with van der Waals surface area (Å²) in [7, 11) is -3.51. The quantitative estimate of drug-likeness (QED) is 0.889. The Hall–Kier alpha value is -1.50. The van der Waals surface area contributed by atoms with Crippen LogP contribution in [0.3, 0.4) is 0 Å². The Morgan fingerprint density at radius 3 is 2.84 bits per heavy atom. The number of aliphatic hydroxyl groups excluding tert-OH is 1. The normalized spacial score (nSPS) is 21.0. The van der Waals surface area contributed by atoms with Gasteiger partial charge in [-0.2, -0.15) is 4.31 Å². The van der Waals surface area contributed by atoms with Crippen molar-refractivity contribution < 1.29 is 13.5 Å². The monoisotopic (exact) mass is 278 g/mol. The van der Waals surface area contributed by atoms with E-state index < -0.39 is 16.1 Å². The fraction of sp³-hybridized carbons (Fsp3) is 0.308. The first-order chi connectivity index (χ1) is 9.07. The van der Waals surface area contributed by atoms with Crippen LogP contribution in [0.1, 0.15) is 6.42 Å². The van der Waals surface area contributed by atoms with Gasteiger partial charge >= 0.3 is 0 Å². The number of aliphatic hydroxyl groups is 1. The lowest BCUT2D eigenvalue weighted by atomic mass is 10.2. The second-order valence-electron chi connectivity index (χ2n) is 4.69. The van der Waals surface area contributed by atoms with Crippen molar-refractivity contribution in [3.8, 4) is 0 Å². The van der Waals surface area contributed by atoms with Gasteiger partial charge < -0.3 is 5.11 Å². The maximum Gasteiger partial charge on any atom is 0.243 e. The lowest BCUT2D eigenvalue weighted by Crippen LogP contribution is -2.29. The highest BCUT2D eigenvalue weighted by Crippen LogP contribution is 2.24. The van der Waals surface area contributed by atoms with E-state index >= 15 is 0 Å². The van der Waals surface area contributed by atoms with Crippen LogP contribution < -0.4 is 0 Å². The van der Waals surface area contributed by atoms with Crippen molar-refractivity contribution in [2.45, 2.75) is 17.4 Å². The largest absolute Gasteiger partial charge is 0.392 e. The van der Waals surface area contributed by atoms with E-state index in [1.807, 2.05) is 0 Å². The molecule has 0 spiro atoms. The summed E-state index contributed by atoms with van der Waals surface area (Å²) in [5.74, 6) is 0. The number of hydrogen-bond acceptors (Lipinski definition) is 4. The van der Waals surface area contributed by atoms with E-state index in [1.165, 1.54) is 4.31 Å². The molecule has 6 heteroatoms. The average Bonchev–Trinajstić information content (AvgIpc) is 2.85. The maximum absolute atomic E-state index is 12.4. The molecule has 1 N–H and O–H groups in total. The van der Waals surface area contributed by atoms with Crippen molar-refractivity contribution in [1.82, 2.24) is 9.29 Å². The van der Waals surface area contributed by atoms with Crippen LogP contribution in [0, 0.1) is 0 Å². The Balaban J connectivity index is 2.03. The predicted octanol–water partition coefficient (Wildman–Crippen LogP) is 0.990. The number of pyridine rings is 1. The molecule has 1 aromatic carbocycles. The fourth-order valence-corrected chi connectivity index (χ4v) is 3.83. The summed E-state index contributed by atoms with van der Waals surface area (Å²) in [6.45, 7) is 0.550. The fourth-order valence-electron chi connectivity index (χ4n) is 2.30.